The summed E-state index contributed by atoms with van der Waals surface area (Å²) in [5.41, 5.74) is 1.86. The molecule has 2 aromatic heterocycles. The van der Waals surface area contributed by atoms with E-state index in [4.69, 9.17) is 0 Å². The van der Waals surface area contributed by atoms with Gasteiger partial charge in [0.25, 0.3) is 0 Å². The fourth-order valence-electron chi connectivity index (χ4n) is 1.08. The van der Waals surface area contributed by atoms with Crippen molar-refractivity contribution >= 4 is 38.6 Å². The molecule has 0 aliphatic heterocycles. The first-order chi connectivity index (χ1) is 6.84. The average Bonchev–Trinajstić information content (AvgIpc) is 2.77. The SMILES string of the molecule is Brc1csc(CNCc2cncs2)c1. The molecule has 2 heterocycles. The van der Waals surface area contributed by atoms with Crippen molar-refractivity contribution in [2.24, 2.45) is 0 Å². The standard InChI is InChI=1S/C9H9BrN2S2/c10-7-1-8(13-5-7)2-11-3-9-4-12-6-14-9/h1,4-6,11H,2-3H2. The van der Waals surface area contributed by atoms with E-state index in [0.717, 1.165) is 17.6 Å². The summed E-state index contributed by atoms with van der Waals surface area (Å²) in [6.07, 6.45) is 1.90. The lowest BCUT2D eigenvalue weighted by Gasteiger charge is -1.98. The highest BCUT2D eigenvalue weighted by Crippen LogP contribution is 2.19. The van der Waals surface area contributed by atoms with E-state index >= 15 is 0 Å². The highest BCUT2D eigenvalue weighted by Gasteiger charge is 1.98. The van der Waals surface area contributed by atoms with Gasteiger partial charge in [-0.05, 0) is 22.0 Å². The molecule has 0 unspecified atom stereocenters. The molecule has 0 radical (unpaired) electrons. The van der Waals surface area contributed by atoms with E-state index < -0.39 is 0 Å². The third-order valence-corrected chi connectivity index (χ3v) is 4.18. The van der Waals surface area contributed by atoms with Crippen LogP contribution in [0.1, 0.15) is 9.75 Å². The lowest BCUT2D eigenvalue weighted by Crippen LogP contribution is -2.10. The van der Waals surface area contributed by atoms with E-state index in [1.165, 1.54) is 9.75 Å². The number of hydrogen-bond acceptors (Lipinski definition) is 4. The second-order valence-electron chi connectivity index (χ2n) is 2.80. The van der Waals surface area contributed by atoms with Crippen LogP contribution in [0.3, 0.4) is 0 Å². The number of nitrogens with zero attached hydrogens (tertiary/aromatic N) is 1. The molecule has 2 nitrogen and oxygen atoms in total. The van der Waals surface area contributed by atoms with Gasteiger partial charge in [0.1, 0.15) is 0 Å². The number of thiazole rings is 1. The normalized spacial score (nSPS) is 10.6. The molecule has 5 heteroatoms. The zero-order valence-corrected chi connectivity index (χ0v) is 10.6. The smallest absolute Gasteiger partial charge is 0.0794 e. The number of hydrogen-bond donors (Lipinski definition) is 1. The Kier molecular flexibility index (Phi) is 3.69. The topological polar surface area (TPSA) is 24.9 Å². The summed E-state index contributed by atoms with van der Waals surface area (Å²) < 4.78 is 1.16. The second kappa shape index (κ2) is 5.02. The highest BCUT2D eigenvalue weighted by atomic mass is 79.9. The molecule has 0 saturated heterocycles. The van der Waals surface area contributed by atoms with E-state index in [1.54, 1.807) is 22.7 Å². The molecule has 14 heavy (non-hydrogen) atoms. The number of nitrogens with one attached hydrogen (secondary N) is 1. The largest absolute Gasteiger partial charge is 0.307 e. The van der Waals surface area contributed by atoms with E-state index in [1.807, 2.05) is 11.7 Å². The summed E-state index contributed by atoms with van der Waals surface area (Å²) in [5.74, 6) is 0. The van der Waals surface area contributed by atoms with Crippen LogP contribution in [0, 0.1) is 0 Å². The summed E-state index contributed by atoms with van der Waals surface area (Å²) in [6, 6.07) is 2.14. The van der Waals surface area contributed by atoms with Gasteiger partial charge in [0, 0.05) is 38.9 Å². The van der Waals surface area contributed by atoms with Gasteiger partial charge in [0.15, 0.2) is 0 Å². The molecule has 0 aliphatic carbocycles. The molecular formula is C9H9BrN2S2. The van der Waals surface area contributed by atoms with Crippen molar-refractivity contribution in [1.29, 1.82) is 0 Å². The predicted octanol–water partition coefficient (Wildman–Crippen LogP) is 3.26. The minimum atomic E-state index is 0.903. The van der Waals surface area contributed by atoms with Crippen LogP contribution in [-0.2, 0) is 13.1 Å². The van der Waals surface area contributed by atoms with Crippen LogP contribution in [0.4, 0.5) is 0 Å². The van der Waals surface area contributed by atoms with Crippen molar-refractivity contribution in [2.75, 3.05) is 0 Å². The van der Waals surface area contributed by atoms with E-state index in [-0.39, 0.29) is 0 Å². The predicted molar refractivity (Wildman–Crippen MR) is 64.7 cm³/mol. The Bertz CT molecular complexity index is 383. The maximum absolute atomic E-state index is 4.03. The summed E-state index contributed by atoms with van der Waals surface area (Å²) in [6.45, 7) is 1.83. The highest BCUT2D eigenvalue weighted by molar-refractivity contribution is 9.10. The number of halogens is 1. The summed E-state index contributed by atoms with van der Waals surface area (Å²) >= 11 is 6.89. The number of rotatable bonds is 4. The van der Waals surface area contributed by atoms with Crippen molar-refractivity contribution in [1.82, 2.24) is 10.3 Å². The van der Waals surface area contributed by atoms with Gasteiger partial charge in [-0.1, -0.05) is 0 Å². The Morgan fingerprint density at radius 3 is 2.79 bits per heavy atom. The second-order valence-corrected chi connectivity index (χ2v) is 5.68. The Balaban J connectivity index is 1.78. The Morgan fingerprint density at radius 1 is 1.29 bits per heavy atom. The summed E-state index contributed by atoms with van der Waals surface area (Å²) in [7, 11) is 0. The molecule has 74 valence electrons. The first-order valence-electron chi connectivity index (χ1n) is 4.15. The first kappa shape index (κ1) is 10.3. The Morgan fingerprint density at radius 2 is 2.14 bits per heavy atom. The van der Waals surface area contributed by atoms with Gasteiger partial charge in [-0.2, -0.15) is 0 Å². The van der Waals surface area contributed by atoms with Crippen LogP contribution < -0.4 is 5.32 Å². The monoisotopic (exact) mass is 288 g/mol. The minimum absolute atomic E-state index is 0.903. The molecule has 0 amide bonds. The van der Waals surface area contributed by atoms with Crippen LogP contribution in [-0.4, -0.2) is 4.98 Å². The number of aromatic nitrogens is 1. The minimum Gasteiger partial charge on any atom is -0.307 e. The van der Waals surface area contributed by atoms with Crippen LogP contribution in [0.25, 0.3) is 0 Å². The first-order valence-corrected chi connectivity index (χ1v) is 6.71. The van der Waals surface area contributed by atoms with Crippen LogP contribution in [0.15, 0.2) is 27.6 Å². The van der Waals surface area contributed by atoms with Gasteiger partial charge in [-0.3, -0.25) is 4.98 Å². The molecule has 1 N–H and O–H groups in total. The zero-order valence-electron chi connectivity index (χ0n) is 7.37. The lowest BCUT2D eigenvalue weighted by molar-refractivity contribution is 0.708. The maximum Gasteiger partial charge on any atom is 0.0794 e. The fraction of sp³-hybridized carbons (Fsp3) is 0.222. The van der Waals surface area contributed by atoms with E-state index in [9.17, 15) is 0 Å². The van der Waals surface area contributed by atoms with Crippen molar-refractivity contribution in [3.05, 3.63) is 37.4 Å². The molecule has 0 aromatic carbocycles. The molecule has 0 atom stereocenters. The molecule has 0 saturated carbocycles. The fourth-order valence-corrected chi connectivity index (χ4v) is 3.07. The summed E-state index contributed by atoms with van der Waals surface area (Å²) in [4.78, 5) is 6.65. The zero-order chi connectivity index (χ0) is 9.80. The maximum atomic E-state index is 4.03. The van der Waals surface area contributed by atoms with Gasteiger partial charge >= 0.3 is 0 Å². The summed E-state index contributed by atoms with van der Waals surface area (Å²) in [5, 5.41) is 5.48. The Labute approximate surface area is 99.1 Å². The van der Waals surface area contributed by atoms with Crippen molar-refractivity contribution < 1.29 is 0 Å². The average molecular weight is 289 g/mol. The molecule has 0 spiro atoms. The van der Waals surface area contributed by atoms with Crippen LogP contribution in [0.5, 0.6) is 0 Å². The third-order valence-electron chi connectivity index (χ3n) is 1.70. The molecule has 2 rings (SSSR count). The number of thiophene rings is 1. The molecule has 0 bridgehead atoms. The van der Waals surface area contributed by atoms with Gasteiger partial charge in [0.2, 0.25) is 0 Å². The van der Waals surface area contributed by atoms with Crippen molar-refractivity contribution in [3.63, 3.8) is 0 Å². The van der Waals surface area contributed by atoms with Gasteiger partial charge in [-0.25, -0.2) is 0 Å². The molecular weight excluding hydrogens is 280 g/mol. The Hall–Kier alpha value is -0.230. The molecule has 0 aliphatic rings. The van der Waals surface area contributed by atoms with E-state index in [0.29, 0.717) is 0 Å². The quantitative estimate of drug-likeness (QED) is 0.934. The van der Waals surface area contributed by atoms with Gasteiger partial charge in [-0.15, -0.1) is 22.7 Å². The molecule has 0 fully saturated rings. The third kappa shape index (κ3) is 2.88. The van der Waals surface area contributed by atoms with Crippen molar-refractivity contribution in [3.8, 4) is 0 Å². The van der Waals surface area contributed by atoms with Gasteiger partial charge < -0.3 is 5.32 Å². The molecule has 2 aromatic rings. The van der Waals surface area contributed by atoms with E-state index in [2.05, 4.69) is 37.7 Å². The van der Waals surface area contributed by atoms with Crippen LogP contribution in [0.2, 0.25) is 0 Å². The lowest BCUT2D eigenvalue weighted by atomic mass is 10.4. The van der Waals surface area contributed by atoms with Gasteiger partial charge in [0.05, 0.1) is 5.51 Å². The van der Waals surface area contributed by atoms with Crippen LogP contribution >= 0.6 is 38.6 Å². The van der Waals surface area contributed by atoms with Crippen molar-refractivity contribution in [2.45, 2.75) is 13.1 Å².